The minimum absolute atomic E-state index is 0.196. The van der Waals surface area contributed by atoms with E-state index in [-0.39, 0.29) is 16.9 Å². The minimum Gasteiger partial charge on any atom is -0.481 e. The highest BCUT2D eigenvalue weighted by Gasteiger charge is 2.51. The van der Waals surface area contributed by atoms with Crippen molar-refractivity contribution >= 4 is 17.9 Å². The van der Waals surface area contributed by atoms with Crippen molar-refractivity contribution in [2.24, 2.45) is 7.05 Å². The second-order valence-corrected chi connectivity index (χ2v) is 9.55. The van der Waals surface area contributed by atoms with E-state index in [0.717, 1.165) is 16.7 Å². The fraction of sp³-hybridized carbons (Fsp3) is 0.200. The van der Waals surface area contributed by atoms with Gasteiger partial charge in [-0.3, -0.25) is 10.1 Å². The second kappa shape index (κ2) is 9.78. The van der Waals surface area contributed by atoms with Crippen LogP contribution < -0.4 is 5.32 Å². The molecule has 1 aliphatic carbocycles. The van der Waals surface area contributed by atoms with Crippen LogP contribution in [-0.4, -0.2) is 21.7 Å². The topological polar surface area (TPSA) is 80.6 Å². The molecule has 1 atom stereocenters. The number of aryl methyl sites for hydroxylation is 1. The first-order chi connectivity index (χ1) is 18.2. The van der Waals surface area contributed by atoms with E-state index in [2.05, 4.69) is 5.32 Å². The molecular formula is C30H26F2N2O4. The minimum atomic E-state index is -0.847. The van der Waals surface area contributed by atoms with Crippen LogP contribution >= 0.6 is 0 Å². The predicted octanol–water partition coefficient (Wildman–Crippen LogP) is 7.06. The molecule has 1 heterocycles. The first kappa shape index (κ1) is 25.2. The first-order valence-electron chi connectivity index (χ1n) is 12.2. The zero-order chi connectivity index (χ0) is 27.0. The number of benzene rings is 3. The number of carbonyl (C=O) groups is 2. The third-order valence-corrected chi connectivity index (χ3v) is 7.09. The number of aliphatic carboxylic acids is 1. The van der Waals surface area contributed by atoms with Gasteiger partial charge in [0.1, 0.15) is 17.7 Å². The molecule has 6 nitrogen and oxygen atoms in total. The highest BCUT2D eigenvalue weighted by Crippen LogP contribution is 2.48. The number of nitrogens with one attached hydrogen (secondary N) is 1. The Hall–Kier alpha value is -4.46. The normalized spacial score (nSPS) is 14.5. The highest BCUT2D eigenvalue weighted by molar-refractivity contribution is 5.91. The van der Waals surface area contributed by atoms with Crippen LogP contribution in [0.4, 0.5) is 19.4 Å². The third kappa shape index (κ3) is 4.65. The molecule has 0 bridgehead atoms. The molecule has 3 aromatic carbocycles. The molecule has 1 amide bonds. The average molecular weight is 517 g/mol. The van der Waals surface area contributed by atoms with Crippen molar-refractivity contribution in [3.05, 3.63) is 102 Å². The SMILES string of the molecule is C[C@@H](OC(=O)Nc1c(-c2ccc(-c3ccc(C4(C(=O)O)CC4)cc3)cc2)c(F)cn1C)c1ccccc1F. The number of aromatic nitrogens is 1. The van der Waals surface area contributed by atoms with Crippen molar-refractivity contribution in [3.63, 3.8) is 0 Å². The van der Waals surface area contributed by atoms with Crippen molar-refractivity contribution in [1.82, 2.24) is 4.57 Å². The van der Waals surface area contributed by atoms with Crippen molar-refractivity contribution < 1.29 is 28.2 Å². The summed E-state index contributed by atoms with van der Waals surface area (Å²) in [5, 5.41) is 12.1. The highest BCUT2D eigenvalue weighted by atomic mass is 19.1. The van der Waals surface area contributed by atoms with Crippen LogP contribution in [0.15, 0.2) is 79.0 Å². The predicted molar refractivity (Wildman–Crippen MR) is 140 cm³/mol. The number of carboxylic acid groups (broad SMARTS) is 1. The quantitative estimate of drug-likeness (QED) is 0.276. The number of ether oxygens (including phenoxy) is 1. The molecule has 1 aromatic heterocycles. The number of amides is 1. The zero-order valence-electron chi connectivity index (χ0n) is 20.9. The van der Waals surface area contributed by atoms with Gasteiger partial charge in [-0.15, -0.1) is 0 Å². The van der Waals surface area contributed by atoms with E-state index in [1.807, 2.05) is 36.4 Å². The van der Waals surface area contributed by atoms with Crippen LogP contribution in [0.5, 0.6) is 0 Å². The van der Waals surface area contributed by atoms with Gasteiger partial charge in [0, 0.05) is 18.8 Å². The summed E-state index contributed by atoms with van der Waals surface area (Å²) in [5.41, 5.74) is 2.79. The van der Waals surface area contributed by atoms with Crippen molar-refractivity contribution in [3.8, 4) is 22.3 Å². The number of hydrogen-bond acceptors (Lipinski definition) is 3. The Labute approximate surface area is 218 Å². The fourth-order valence-electron chi connectivity index (χ4n) is 4.73. The maximum absolute atomic E-state index is 14.9. The van der Waals surface area contributed by atoms with E-state index in [9.17, 15) is 23.5 Å². The maximum atomic E-state index is 14.9. The lowest BCUT2D eigenvalue weighted by molar-refractivity contribution is -0.140. The van der Waals surface area contributed by atoms with E-state index < -0.39 is 35.2 Å². The van der Waals surface area contributed by atoms with Crippen molar-refractivity contribution in [2.75, 3.05) is 5.32 Å². The molecular weight excluding hydrogens is 490 g/mol. The summed E-state index contributed by atoms with van der Waals surface area (Å²) in [4.78, 5) is 24.2. The standard InChI is InChI=1S/C30H26F2N2O4/c1-18(23-5-3-4-6-24(23)31)38-29(37)33-27-26(25(32)17-34(27)2)21-9-7-19(8-10-21)20-11-13-22(14-12-20)30(15-16-30)28(35)36/h3-14,17-18H,15-16H2,1-2H3,(H,33,37)(H,35,36)/t18-/m1/s1. The number of halogens is 2. The molecule has 4 aromatic rings. The molecule has 0 unspecified atom stereocenters. The Bertz CT molecular complexity index is 1510. The van der Waals surface area contributed by atoms with Gasteiger partial charge >= 0.3 is 12.1 Å². The van der Waals surface area contributed by atoms with Gasteiger partial charge in [-0.1, -0.05) is 66.7 Å². The molecule has 1 fully saturated rings. The molecule has 0 spiro atoms. The molecule has 38 heavy (non-hydrogen) atoms. The fourth-order valence-corrected chi connectivity index (χ4v) is 4.73. The molecule has 0 saturated heterocycles. The summed E-state index contributed by atoms with van der Waals surface area (Å²) in [6, 6.07) is 20.7. The van der Waals surface area contributed by atoms with Gasteiger partial charge in [0.05, 0.1) is 11.0 Å². The van der Waals surface area contributed by atoms with Gasteiger partial charge in [-0.25, -0.2) is 13.6 Å². The van der Waals surface area contributed by atoms with Crippen LogP contribution in [0.1, 0.15) is 37.0 Å². The first-order valence-corrected chi connectivity index (χ1v) is 12.2. The van der Waals surface area contributed by atoms with Gasteiger partial charge in [0.25, 0.3) is 0 Å². The number of rotatable bonds is 7. The van der Waals surface area contributed by atoms with Gasteiger partial charge in [0.15, 0.2) is 5.82 Å². The van der Waals surface area contributed by atoms with Crippen LogP contribution in [-0.2, 0) is 22.0 Å². The smallest absolute Gasteiger partial charge is 0.413 e. The number of anilines is 1. The third-order valence-electron chi connectivity index (χ3n) is 7.09. The zero-order valence-corrected chi connectivity index (χ0v) is 20.9. The van der Waals surface area contributed by atoms with Crippen LogP contribution in [0.2, 0.25) is 0 Å². The Morgan fingerprint density at radius 3 is 2.08 bits per heavy atom. The number of carbonyl (C=O) groups excluding carboxylic acids is 1. The van der Waals surface area contributed by atoms with Gasteiger partial charge in [-0.05, 0) is 48.1 Å². The molecule has 0 radical (unpaired) electrons. The molecule has 8 heteroatoms. The van der Waals surface area contributed by atoms with E-state index in [4.69, 9.17) is 4.74 Å². The van der Waals surface area contributed by atoms with Crippen LogP contribution in [0, 0.1) is 11.6 Å². The average Bonchev–Trinajstić information content (AvgIpc) is 3.66. The van der Waals surface area contributed by atoms with Crippen molar-refractivity contribution in [1.29, 1.82) is 0 Å². The number of nitrogens with zero attached hydrogens (tertiary/aromatic N) is 1. The van der Waals surface area contributed by atoms with Gasteiger partial charge in [-0.2, -0.15) is 0 Å². The Morgan fingerprint density at radius 2 is 1.50 bits per heavy atom. The summed E-state index contributed by atoms with van der Waals surface area (Å²) < 4.78 is 35.8. The number of hydrogen-bond donors (Lipinski definition) is 2. The second-order valence-electron chi connectivity index (χ2n) is 9.55. The van der Waals surface area contributed by atoms with Crippen molar-refractivity contribution in [2.45, 2.75) is 31.3 Å². The van der Waals surface area contributed by atoms with E-state index in [1.54, 1.807) is 38.2 Å². The largest absolute Gasteiger partial charge is 0.481 e. The monoisotopic (exact) mass is 516 g/mol. The summed E-state index contributed by atoms with van der Waals surface area (Å²) in [7, 11) is 1.60. The Balaban J connectivity index is 1.34. The van der Waals surface area contributed by atoms with Crippen LogP contribution in [0.3, 0.4) is 0 Å². The van der Waals surface area contributed by atoms with E-state index in [0.29, 0.717) is 18.4 Å². The van der Waals surface area contributed by atoms with Crippen LogP contribution in [0.25, 0.3) is 22.3 Å². The maximum Gasteiger partial charge on any atom is 0.413 e. The number of carboxylic acids is 1. The molecule has 5 rings (SSSR count). The summed E-state index contributed by atoms with van der Waals surface area (Å²) in [5.74, 6) is -1.60. The summed E-state index contributed by atoms with van der Waals surface area (Å²) in [6.45, 7) is 1.56. The van der Waals surface area contributed by atoms with E-state index >= 15 is 0 Å². The Morgan fingerprint density at radius 1 is 0.921 bits per heavy atom. The Kier molecular flexibility index (Phi) is 6.48. The molecule has 2 N–H and O–H groups in total. The lowest BCUT2D eigenvalue weighted by Gasteiger charge is -2.16. The lowest BCUT2D eigenvalue weighted by atomic mass is 9.93. The lowest BCUT2D eigenvalue weighted by Crippen LogP contribution is -2.19. The molecule has 194 valence electrons. The van der Waals surface area contributed by atoms with E-state index in [1.165, 1.54) is 22.9 Å². The summed E-state index contributed by atoms with van der Waals surface area (Å²) in [6.07, 6.45) is 0.861. The molecule has 1 aliphatic rings. The molecule has 0 aliphatic heterocycles. The summed E-state index contributed by atoms with van der Waals surface area (Å²) >= 11 is 0. The molecule has 1 saturated carbocycles. The van der Waals surface area contributed by atoms with Gasteiger partial charge in [0.2, 0.25) is 0 Å². The van der Waals surface area contributed by atoms with Gasteiger partial charge < -0.3 is 14.4 Å².